The van der Waals surface area contributed by atoms with Crippen molar-refractivity contribution in [3.63, 3.8) is 0 Å². The summed E-state index contributed by atoms with van der Waals surface area (Å²) in [6, 6.07) is 120. The SMILES string of the molecule is CC(C)(C)c1ccc(-c2cc(N(c3cc(-c4ccccc4)cc(-c4ccccc4)c3)c3cc(-c4ccccc4)cc(N(c4cc(-c5ccccc5)cc(-c5ccccc5)c4)c4cc(-c5ccc(C(C)(C)C)cc5)c5c(c4)oc4ccccc45)c3)cc3oc4ccccc4c23)cc1. The number of hydrogen-bond donors (Lipinski definition) is 0. The maximum atomic E-state index is 7.09. The van der Waals surface area contributed by atoms with Crippen molar-refractivity contribution in [1.82, 2.24) is 0 Å². The largest absolute Gasteiger partial charge is 0.456 e. The van der Waals surface area contributed by atoms with Gasteiger partial charge in [0.2, 0.25) is 0 Å². The molecular formula is C92H72N2O2. The monoisotopic (exact) mass is 1240 g/mol. The molecule has 4 heteroatoms. The van der Waals surface area contributed by atoms with Gasteiger partial charge in [-0.05, 0) is 179 Å². The average Bonchev–Trinajstić information content (AvgIpc) is 1.50. The summed E-state index contributed by atoms with van der Waals surface area (Å²) in [6.07, 6.45) is 0. The van der Waals surface area contributed by atoms with Gasteiger partial charge in [0, 0.05) is 56.4 Å². The number of hydrogen-bond acceptors (Lipinski definition) is 4. The summed E-state index contributed by atoms with van der Waals surface area (Å²) < 4.78 is 14.2. The summed E-state index contributed by atoms with van der Waals surface area (Å²) in [5.74, 6) is 0. The number of anilines is 6. The highest BCUT2D eigenvalue weighted by Crippen LogP contribution is 2.51. The third-order valence-electron chi connectivity index (χ3n) is 18.9. The molecule has 0 bridgehead atoms. The van der Waals surface area contributed by atoms with Crippen LogP contribution in [-0.4, -0.2) is 0 Å². The van der Waals surface area contributed by atoms with E-state index in [9.17, 15) is 0 Å². The second-order valence-corrected chi connectivity index (χ2v) is 27.4. The standard InChI is InChI=1S/C92H72N2O2/c1-91(2,3)73-44-40-66(41-45-73)83-57-79(59-87-89(83)81-36-22-24-38-85(81)95-87)93(75-50-68(61-26-12-7-13-27-61)48-69(51-75)62-28-14-8-15-29-62)77-54-72(65-34-20-11-21-35-65)55-78(56-77)94(76-52-70(63-30-16-9-17-31-63)49-71(53-76)64-32-18-10-19-33-64)80-58-84(67-42-46-74(47-43-67)92(4,5)6)90-82-37-23-25-39-86(82)96-88(90)60-80/h7-60H,1-6H3. The van der Waals surface area contributed by atoms with Crippen molar-refractivity contribution in [2.75, 3.05) is 9.80 Å². The Balaban J connectivity index is 1.03. The van der Waals surface area contributed by atoms with Gasteiger partial charge in [0.1, 0.15) is 22.3 Å². The van der Waals surface area contributed by atoms with Crippen molar-refractivity contribution < 1.29 is 8.83 Å². The smallest absolute Gasteiger partial charge is 0.138 e. The van der Waals surface area contributed by atoms with Crippen LogP contribution in [0.4, 0.5) is 34.1 Å². The highest BCUT2D eigenvalue weighted by molar-refractivity contribution is 6.15. The number of rotatable bonds is 13. The normalized spacial score (nSPS) is 11.9. The second kappa shape index (κ2) is 24.3. The van der Waals surface area contributed by atoms with Gasteiger partial charge in [0.05, 0.1) is 11.4 Å². The van der Waals surface area contributed by atoms with Crippen LogP contribution in [0.3, 0.4) is 0 Å². The van der Waals surface area contributed by atoms with Gasteiger partial charge in [-0.1, -0.05) is 278 Å². The van der Waals surface area contributed by atoms with E-state index in [2.05, 4.69) is 379 Å². The lowest BCUT2D eigenvalue weighted by molar-refractivity contribution is 0.590. The lowest BCUT2D eigenvalue weighted by Crippen LogP contribution is -2.14. The average molecular weight is 1240 g/mol. The fourth-order valence-corrected chi connectivity index (χ4v) is 13.9. The molecule has 4 nitrogen and oxygen atoms in total. The molecule has 0 unspecified atom stereocenters. The molecule has 0 aliphatic heterocycles. The maximum absolute atomic E-state index is 7.09. The lowest BCUT2D eigenvalue weighted by atomic mass is 9.86. The predicted octanol–water partition coefficient (Wildman–Crippen LogP) is 26.7. The van der Waals surface area contributed by atoms with Crippen molar-refractivity contribution in [1.29, 1.82) is 0 Å². The van der Waals surface area contributed by atoms with Crippen LogP contribution in [0.15, 0.2) is 336 Å². The van der Waals surface area contributed by atoms with Gasteiger partial charge in [-0.3, -0.25) is 0 Å². The lowest BCUT2D eigenvalue weighted by Gasteiger charge is -2.32. The second-order valence-electron chi connectivity index (χ2n) is 27.4. The Hall–Kier alpha value is -11.7. The summed E-state index contributed by atoms with van der Waals surface area (Å²) in [4.78, 5) is 4.93. The molecule has 2 heterocycles. The number of nitrogens with zero attached hydrogens (tertiary/aromatic N) is 2. The van der Waals surface area contributed by atoms with Crippen LogP contribution in [0.1, 0.15) is 52.7 Å². The number of para-hydroxylation sites is 2. The van der Waals surface area contributed by atoms with Crippen LogP contribution in [-0.2, 0) is 10.8 Å². The molecule has 0 aliphatic rings. The van der Waals surface area contributed by atoms with Crippen LogP contribution in [0.5, 0.6) is 0 Å². The zero-order chi connectivity index (χ0) is 65.1. The third-order valence-corrected chi connectivity index (χ3v) is 18.9. The van der Waals surface area contributed by atoms with Crippen LogP contribution in [0, 0.1) is 0 Å². The molecule has 2 aromatic heterocycles. The minimum atomic E-state index is -0.0342. The van der Waals surface area contributed by atoms with E-state index in [0.717, 1.165) is 156 Å². The quantitative estimate of drug-likeness (QED) is 0.115. The summed E-state index contributed by atoms with van der Waals surface area (Å²) in [7, 11) is 0. The van der Waals surface area contributed by atoms with Crippen LogP contribution in [0.2, 0.25) is 0 Å². The summed E-state index contributed by atoms with van der Waals surface area (Å²) in [5.41, 5.74) is 26.8. The Morgan fingerprint density at radius 2 is 0.469 bits per heavy atom. The van der Waals surface area contributed by atoms with Gasteiger partial charge < -0.3 is 18.6 Å². The summed E-state index contributed by atoms with van der Waals surface area (Å²) in [5, 5.41) is 4.28. The molecule has 96 heavy (non-hydrogen) atoms. The minimum Gasteiger partial charge on any atom is -0.456 e. The van der Waals surface area contributed by atoms with Gasteiger partial charge >= 0.3 is 0 Å². The third kappa shape index (κ3) is 11.4. The molecule has 0 amide bonds. The molecule has 0 N–H and O–H groups in total. The van der Waals surface area contributed by atoms with Gasteiger partial charge in [-0.15, -0.1) is 0 Å². The highest BCUT2D eigenvalue weighted by atomic mass is 16.3. The van der Waals surface area contributed by atoms with E-state index in [4.69, 9.17) is 8.83 Å². The summed E-state index contributed by atoms with van der Waals surface area (Å²) in [6.45, 7) is 13.7. The Morgan fingerprint density at radius 3 is 0.771 bits per heavy atom. The molecule has 0 atom stereocenters. The van der Waals surface area contributed by atoms with Crippen molar-refractivity contribution in [2.24, 2.45) is 0 Å². The van der Waals surface area contributed by atoms with Crippen molar-refractivity contribution in [3.05, 3.63) is 339 Å². The Bertz CT molecular complexity index is 5070. The zero-order valence-electron chi connectivity index (χ0n) is 54.9. The highest BCUT2D eigenvalue weighted by Gasteiger charge is 2.27. The number of furan rings is 2. The van der Waals surface area contributed by atoms with E-state index in [-0.39, 0.29) is 10.8 Å². The van der Waals surface area contributed by atoms with Gasteiger partial charge in [0.15, 0.2) is 0 Å². The molecular weight excluding hydrogens is 1170 g/mol. The van der Waals surface area contributed by atoms with Crippen LogP contribution < -0.4 is 9.80 Å². The maximum Gasteiger partial charge on any atom is 0.138 e. The van der Waals surface area contributed by atoms with Crippen LogP contribution >= 0.6 is 0 Å². The van der Waals surface area contributed by atoms with Gasteiger partial charge in [-0.25, -0.2) is 0 Å². The molecule has 0 spiro atoms. The molecule has 0 saturated carbocycles. The topological polar surface area (TPSA) is 32.8 Å². The Kier molecular flexibility index (Phi) is 15.0. The van der Waals surface area contributed by atoms with Crippen molar-refractivity contribution in [3.8, 4) is 77.9 Å². The molecule has 0 fully saturated rings. The molecule has 0 aliphatic carbocycles. The van der Waals surface area contributed by atoms with E-state index in [1.54, 1.807) is 0 Å². The molecule has 0 saturated heterocycles. The predicted molar refractivity (Wildman–Crippen MR) is 406 cm³/mol. The number of fused-ring (bicyclic) bond motifs is 6. The van der Waals surface area contributed by atoms with E-state index < -0.39 is 0 Å². The zero-order valence-corrected chi connectivity index (χ0v) is 54.9. The van der Waals surface area contributed by atoms with Crippen molar-refractivity contribution >= 4 is 78.0 Å². The van der Waals surface area contributed by atoms with E-state index in [1.165, 1.54) is 11.1 Å². The fraction of sp³-hybridized carbons (Fsp3) is 0.0870. The van der Waals surface area contributed by atoms with E-state index in [0.29, 0.717) is 0 Å². The van der Waals surface area contributed by atoms with Crippen molar-refractivity contribution in [2.45, 2.75) is 52.4 Å². The van der Waals surface area contributed by atoms with Gasteiger partial charge in [-0.2, -0.15) is 0 Å². The molecule has 16 rings (SSSR count). The number of benzene rings is 14. The first-order valence-electron chi connectivity index (χ1n) is 33.3. The minimum absolute atomic E-state index is 0.0342. The Morgan fingerprint density at radius 1 is 0.208 bits per heavy atom. The molecule has 14 aromatic carbocycles. The summed E-state index contributed by atoms with van der Waals surface area (Å²) >= 11 is 0. The molecule has 16 aromatic rings. The van der Waals surface area contributed by atoms with E-state index >= 15 is 0 Å². The Labute approximate surface area is 562 Å². The van der Waals surface area contributed by atoms with Gasteiger partial charge in [0.25, 0.3) is 0 Å². The first-order chi connectivity index (χ1) is 46.8. The first kappa shape index (κ1) is 59.3. The first-order valence-corrected chi connectivity index (χ1v) is 33.3. The molecule has 462 valence electrons. The van der Waals surface area contributed by atoms with Crippen LogP contribution in [0.25, 0.3) is 122 Å². The molecule has 0 radical (unpaired) electrons. The fourth-order valence-electron chi connectivity index (χ4n) is 13.9. The van der Waals surface area contributed by atoms with E-state index in [1.807, 2.05) is 0 Å².